The molecule has 0 aliphatic carbocycles. The van der Waals surface area contributed by atoms with Gasteiger partial charge in [0, 0.05) is 29.4 Å². The van der Waals surface area contributed by atoms with E-state index in [2.05, 4.69) is 45.4 Å². The molecule has 1 aromatic heterocycles. The maximum Gasteiger partial charge on any atom is 0.0927 e. The molecule has 0 unspecified atom stereocenters. The third-order valence-corrected chi connectivity index (χ3v) is 4.50. The van der Waals surface area contributed by atoms with E-state index in [1.165, 1.54) is 5.69 Å². The van der Waals surface area contributed by atoms with Crippen molar-refractivity contribution in [3.05, 3.63) is 59.6 Å². The molecule has 1 aliphatic heterocycles. The average molecular weight is 370 g/mol. The summed E-state index contributed by atoms with van der Waals surface area (Å²) in [7, 11) is 0. The Bertz CT molecular complexity index is 823. The number of hydrogen-bond acceptors (Lipinski definition) is 3. The van der Waals surface area contributed by atoms with Crippen LogP contribution in [0.2, 0.25) is 5.02 Å². The van der Waals surface area contributed by atoms with Gasteiger partial charge < -0.3 is 9.64 Å². The first-order chi connectivity index (χ1) is 12.8. The predicted octanol–water partition coefficient (Wildman–Crippen LogP) is 5.26. The van der Waals surface area contributed by atoms with Gasteiger partial charge in [0.2, 0.25) is 0 Å². The number of aromatic nitrogens is 2. The molecule has 1 saturated heterocycles. The number of aromatic amines is 1. The van der Waals surface area contributed by atoms with E-state index in [1.807, 2.05) is 38.1 Å². The molecule has 0 bridgehead atoms. The molecular formula is C21H24ClN3O. The first-order valence-electron chi connectivity index (χ1n) is 9.04. The molecule has 3 aromatic rings. The van der Waals surface area contributed by atoms with E-state index in [4.69, 9.17) is 16.3 Å². The Hall–Kier alpha value is -2.30. The van der Waals surface area contributed by atoms with Crippen LogP contribution in [-0.4, -0.2) is 36.5 Å². The van der Waals surface area contributed by atoms with E-state index in [9.17, 15) is 0 Å². The van der Waals surface area contributed by atoms with Crippen molar-refractivity contribution in [3.8, 4) is 22.5 Å². The summed E-state index contributed by atoms with van der Waals surface area (Å²) in [5, 5.41) is 8.32. The molecule has 4 rings (SSSR count). The van der Waals surface area contributed by atoms with Gasteiger partial charge in [0.15, 0.2) is 0 Å². The molecular weight excluding hydrogens is 346 g/mol. The molecule has 136 valence electrons. The van der Waals surface area contributed by atoms with Gasteiger partial charge in [0.05, 0.1) is 24.6 Å². The number of anilines is 1. The van der Waals surface area contributed by atoms with Crippen molar-refractivity contribution in [3.63, 3.8) is 0 Å². The van der Waals surface area contributed by atoms with Crippen LogP contribution in [0.5, 0.6) is 0 Å². The molecule has 1 N–H and O–H groups in total. The van der Waals surface area contributed by atoms with Gasteiger partial charge in [-0.1, -0.05) is 49.7 Å². The predicted molar refractivity (Wildman–Crippen MR) is 109 cm³/mol. The highest BCUT2D eigenvalue weighted by molar-refractivity contribution is 6.30. The molecule has 0 radical (unpaired) electrons. The van der Waals surface area contributed by atoms with E-state index in [-0.39, 0.29) is 0 Å². The van der Waals surface area contributed by atoms with E-state index in [0.29, 0.717) is 0 Å². The molecule has 4 nitrogen and oxygen atoms in total. The number of nitrogens with zero attached hydrogens (tertiary/aromatic N) is 2. The van der Waals surface area contributed by atoms with Gasteiger partial charge in [-0.25, -0.2) is 0 Å². The summed E-state index contributed by atoms with van der Waals surface area (Å²) >= 11 is 5.95. The second-order valence-corrected chi connectivity index (χ2v) is 6.26. The van der Waals surface area contributed by atoms with Crippen molar-refractivity contribution in [1.29, 1.82) is 0 Å². The Labute approximate surface area is 159 Å². The number of ether oxygens (including phenoxy) is 1. The van der Waals surface area contributed by atoms with E-state index < -0.39 is 0 Å². The number of H-pyrrole nitrogens is 1. The molecule has 0 saturated carbocycles. The Morgan fingerprint density at radius 1 is 0.962 bits per heavy atom. The number of morpholine rings is 1. The van der Waals surface area contributed by atoms with Crippen LogP contribution < -0.4 is 4.90 Å². The molecule has 0 atom stereocenters. The van der Waals surface area contributed by atoms with Gasteiger partial charge in [-0.15, -0.1) is 0 Å². The second kappa shape index (κ2) is 8.88. The zero-order chi connectivity index (χ0) is 18.4. The van der Waals surface area contributed by atoms with Crippen molar-refractivity contribution in [2.24, 2.45) is 0 Å². The number of hydrogen-bond donors (Lipinski definition) is 1. The van der Waals surface area contributed by atoms with E-state index in [1.54, 1.807) is 0 Å². The summed E-state index contributed by atoms with van der Waals surface area (Å²) < 4.78 is 5.43. The highest BCUT2D eigenvalue weighted by atomic mass is 35.5. The number of rotatable bonds is 3. The molecule has 2 heterocycles. The van der Waals surface area contributed by atoms with E-state index >= 15 is 0 Å². The number of nitrogens with one attached hydrogen (secondary N) is 1. The van der Waals surface area contributed by atoms with Crippen LogP contribution in [0, 0.1) is 0 Å². The topological polar surface area (TPSA) is 41.1 Å². The van der Waals surface area contributed by atoms with Gasteiger partial charge in [0.1, 0.15) is 0 Å². The van der Waals surface area contributed by atoms with Crippen molar-refractivity contribution < 1.29 is 4.74 Å². The molecule has 2 aromatic carbocycles. The largest absolute Gasteiger partial charge is 0.378 e. The van der Waals surface area contributed by atoms with Gasteiger partial charge in [-0.3, -0.25) is 5.10 Å². The van der Waals surface area contributed by atoms with Crippen LogP contribution in [0.15, 0.2) is 54.6 Å². The van der Waals surface area contributed by atoms with Crippen molar-refractivity contribution >= 4 is 17.3 Å². The molecule has 5 heteroatoms. The zero-order valence-corrected chi connectivity index (χ0v) is 16.0. The molecule has 26 heavy (non-hydrogen) atoms. The molecule has 1 aliphatic rings. The minimum Gasteiger partial charge on any atom is -0.378 e. The van der Waals surface area contributed by atoms with Crippen molar-refractivity contribution in [1.82, 2.24) is 10.2 Å². The zero-order valence-electron chi connectivity index (χ0n) is 15.2. The van der Waals surface area contributed by atoms with Crippen LogP contribution in [0.4, 0.5) is 5.69 Å². The lowest BCUT2D eigenvalue weighted by atomic mass is 10.1. The Kier molecular flexibility index (Phi) is 6.31. The summed E-state index contributed by atoms with van der Waals surface area (Å²) in [6.45, 7) is 7.43. The summed E-state index contributed by atoms with van der Waals surface area (Å²) in [6.07, 6.45) is 0. The number of halogens is 1. The minimum atomic E-state index is 0.733. The quantitative estimate of drug-likeness (QED) is 0.684. The Balaban J connectivity index is 0.000000948. The maximum absolute atomic E-state index is 5.95. The first-order valence-corrected chi connectivity index (χ1v) is 9.42. The third kappa shape index (κ3) is 4.26. The van der Waals surface area contributed by atoms with Gasteiger partial charge >= 0.3 is 0 Å². The highest BCUT2D eigenvalue weighted by Crippen LogP contribution is 2.27. The third-order valence-electron chi connectivity index (χ3n) is 4.25. The first kappa shape index (κ1) is 18.5. The summed E-state index contributed by atoms with van der Waals surface area (Å²) in [5.74, 6) is 0. The monoisotopic (exact) mass is 369 g/mol. The SMILES string of the molecule is CC.Clc1ccc(-c2cc(-c3cccc(N4CCOCC4)c3)n[nH]2)cc1. The Morgan fingerprint density at radius 2 is 1.69 bits per heavy atom. The fraction of sp³-hybridized carbons (Fsp3) is 0.286. The molecule has 0 spiro atoms. The fourth-order valence-electron chi connectivity index (χ4n) is 2.93. The molecule has 1 fully saturated rings. The van der Waals surface area contributed by atoms with Crippen LogP contribution in [0.3, 0.4) is 0 Å². The standard InChI is InChI=1S/C19H18ClN3O.C2H6/c20-16-6-4-14(5-7-16)18-13-19(22-21-18)15-2-1-3-17(12-15)23-8-10-24-11-9-23;1-2/h1-7,12-13H,8-11H2,(H,21,22);1-2H3. The summed E-state index contributed by atoms with van der Waals surface area (Å²) in [4.78, 5) is 2.35. The van der Waals surface area contributed by atoms with Gasteiger partial charge in [0.25, 0.3) is 0 Å². The fourth-order valence-corrected chi connectivity index (χ4v) is 3.06. The average Bonchev–Trinajstić information content (AvgIpc) is 3.21. The normalized spacial score (nSPS) is 13.9. The van der Waals surface area contributed by atoms with Crippen LogP contribution in [-0.2, 0) is 4.74 Å². The second-order valence-electron chi connectivity index (χ2n) is 5.82. The Morgan fingerprint density at radius 3 is 2.42 bits per heavy atom. The van der Waals surface area contributed by atoms with Crippen LogP contribution in [0.1, 0.15) is 13.8 Å². The maximum atomic E-state index is 5.95. The van der Waals surface area contributed by atoms with Gasteiger partial charge in [-0.2, -0.15) is 5.10 Å². The van der Waals surface area contributed by atoms with Crippen molar-refractivity contribution in [2.75, 3.05) is 31.2 Å². The summed E-state index contributed by atoms with van der Waals surface area (Å²) in [5.41, 5.74) is 5.32. The molecule has 0 amide bonds. The highest BCUT2D eigenvalue weighted by Gasteiger charge is 2.13. The van der Waals surface area contributed by atoms with Gasteiger partial charge in [-0.05, 0) is 35.9 Å². The lowest BCUT2D eigenvalue weighted by molar-refractivity contribution is 0.122. The lowest BCUT2D eigenvalue weighted by Gasteiger charge is -2.29. The van der Waals surface area contributed by atoms with Crippen molar-refractivity contribution in [2.45, 2.75) is 13.8 Å². The lowest BCUT2D eigenvalue weighted by Crippen LogP contribution is -2.36. The minimum absolute atomic E-state index is 0.733. The smallest absolute Gasteiger partial charge is 0.0927 e. The van der Waals surface area contributed by atoms with Crippen LogP contribution >= 0.6 is 11.6 Å². The van der Waals surface area contributed by atoms with Crippen LogP contribution in [0.25, 0.3) is 22.5 Å². The summed E-state index contributed by atoms with van der Waals surface area (Å²) in [6, 6.07) is 18.3. The van der Waals surface area contributed by atoms with E-state index in [0.717, 1.165) is 53.8 Å². The number of benzene rings is 2.